The van der Waals surface area contributed by atoms with Gasteiger partial charge in [0, 0.05) is 61.7 Å². The van der Waals surface area contributed by atoms with Crippen molar-refractivity contribution in [2.75, 3.05) is 43.5 Å². The predicted molar refractivity (Wildman–Crippen MR) is 136 cm³/mol. The van der Waals surface area contributed by atoms with Crippen LogP contribution in [0.4, 0.5) is 17.5 Å². The number of morpholine rings is 1. The molecule has 5 rings (SSSR count). The number of benzene rings is 1. The highest BCUT2D eigenvalue weighted by molar-refractivity contribution is 6.05. The van der Waals surface area contributed by atoms with E-state index in [-0.39, 0.29) is 5.91 Å². The lowest BCUT2D eigenvalue weighted by Crippen LogP contribution is -2.38. The second kappa shape index (κ2) is 9.85. The van der Waals surface area contributed by atoms with Gasteiger partial charge in [-0.3, -0.25) is 14.4 Å². The van der Waals surface area contributed by atoms with E-state index in [0.717, 1.165) is 78.5 Å². The third kappa shape index (κ3) is 5.03. The summed E-state index contributed by atoms with van der Waals surface area (Å²) in [5.41, 5.74) is 5.40. The maximum Gasteiger partial charge on any atom is 0.228 e. The summed E-state index contributed by atoms with van der Waals surface area (Å²) in [4.78, 5) is 26.6. The molecule has 1 saturated heterocycles. The van der Waals surface area contributed by atoms with E-state index in [4.69, 9.17) is 14.8 Å². The number of amides is 1. The number of carbonyl (C=O) groups excluding carboxylic acids is 1. The van der Waals surface area contributed by atoms with E-state index in [9.17, 15) is 4.79 Å². The van der Waals surface area contributed by atoms with E-state index in [0.29, 0.717) is 11.8 Å². The molecule has 0 spiro atoms. The van der Waals surface area contributed by atoms with Crippen LogP contribution in [0.1, 0.15) is 18.2 Å². The number of para-hydroxylation sites is 1. The van der Waals surface area contributed by atoms with Gasteiger partial charge >= 0.3 is 0 Å². The van der Waals surface area contributed by atoms with Crippen LogP contribution in [0.15, 0.2) is 36.7 Å². The second-order valence-electron chi connectivity index (χ2n) is 8.81. The highest BCUT2D eigenvalue weighted by Crippen LogP contribution is 2.33. The first-order chi connectivity index (χ1) is 17.0. The molecule has 182 valence electrons. The van der Waals surface area contributed by atoms with Crippen molar-refractivity contribution in [3.8, 4) is 11.3 Å². The number of rotatable bonds is 7. The van der Waals surface area contributed by atoms with Crippen LogP contribution in [0.25, 0.3) is 22.2 Å². The minimum Gasteiger partial charge on any atom is -0.379 e. The van der Waals surface area contributed by atoms with Gasteiger partial charge in [0.15, 0.2) is 5.82 Å². The Bertz CT molecular complexity index is 1350. The molecule has 0 atom stereocenters. The normalized spacial score (nSPS) is 14.4. The second-order valence-corrected chi connectivity index (χ2v) is 8.81. The maximum atomic E-state index is 11.6. The standard InChI is InChI=1S/C25H30N8O2/c1-16-14-27-25(29-22-13-17(2)33(31-22)8-7-32-9-11-35-12-10-32)30-23(16)20-15-26-24-19(20)5-4-6-21(24)28-18(3)34/h4-6,13-15,26H,7-12H2,1-3H3,(H,28,34)(H,27,29,30,31). The fourth-order valence-electron chi connectivity index (χ4n) is 4.39. The lowest BCUT2D eigenvalue weighted by Gasteiger charge is -2.26. The molecule has 0 saturated carbocycles. The number of aromatic nitrogens is 5. The minimum absolute atomic E-state index is 0.113. The molecule has 10 nitrogen and oxygen atoms in total. The van der Waals surface area contributed by atoms with Gasteiger partial charge in [0.25, 0.3) is 0 Å². The number of H-pyrrole nitrogens is 1. The largest absolute Gasteiger partial charge is 0.379 e. The van der Waals surface area contributed by atoms with Gasteiger partial charge in [-0.1, -0.05) is 12.1 Å². The molecular formula is C25H30N8O2. The van der Waals surface area contributed by atoms with Crippen LogP contribution in [-0.2, 0) is 16.1 Å². The van der Waals surface area contributed by atoms with Gasteiger partial charge in [0.05, 0.1) is 36.7 Å². The van der Waals surface area contributed by atoms with E-state index in [1.807, 2.05) is 48.3 Å². The molecule has 1 aliphatic heterocycles. The molecule has 3 N–H and O–H groups in total. The minimum atomic E-state index is -0.113. The summed E-state index contributed by atoms with van der Waals surface area (Å²) in [6, 6.07) is 7.82. The zero-order valence-corrected chi connectivity index (χ0v) is 20.3. The van der Waals surface area contributed by atoms with Gasteiger partial charge in [0.1, 0.15) is 0 Å². The number of hydrogen-bond acceptors (Lipinski definition) is 7. The Labute approximate surface area is 203 Å². The molecule has 1 amide bonds. The number of aromatic amines is 1. The smallest absolute Gasteiger partial charge is 0.228 e. The monoisotopic (exact) mass is 474 g/mol. The van der Waals surface area contributed by atoms with Gasteiger partial charge in [-0.05, 0) is 25.5 Å². The molecule has 10 heteroatoms. The molecule has 35 heavy (non-hydrogen) atoms. The van der Waals surface area contributed by atoms with Crippen LogP contribution in [0.5, 0.6) is 0 Å². The van der Waals surface area contributed by atoms with Gasteiger partial charge in [0.2, 0.25) is 11.9 Å². The van der Waals surface area contributed by atoms with Gasteiger partial charge in [-0.25, -0.2) is 9.97 Å². The Morgan fingerprint density at radius 3 is 2.83 bits per heavy atom. The lowest BCUT2D eigenvalue weighted by atomic mass is 10.1. The molecular weight excluding hydrogens is 444 g/mol. The van der Waals surface area contributed by atoms with Crippen molar-refractivity contribution in [2.24, 2.45) is 0 Å². The lowest BCUT2D eigenvalue weighted by molar-refractivity contribution is -0.114. The Kier molecular flexibility index (Phi) is 6.47. The number of aryl methyl sites for hydroxylation is 2. The van der Waals surface area contributed by atoms with Gasteiger partial charge in [-0.2, -0.15) is 5.10 Å². The average Bonchev–Trinajstić information content (AvgIpc) is 3.43. The van der Waals surface area contributed by atoms with E-state index in [1.54, 1.807) is 0 Å². The molecule has 1 aromatic carbocycles. The number of nitrogens with zero attached hydrogens (tertiary/aromatic N) is 5. The summed E-state index contributed by atoms with van der Waals surface area (Å²) in [5, 5.41) is 11.8. The molecule has 1 fully saturated rings. The summed E-state index contributed by atoms with van der Waals surface area (Å²) in [5.74, 6) is 1.08. The predicted octanol–water partition coefficient (Wildman–Crippen LogP) is 3.47. The van der Waals surface area contributed by atoms with Gasteiger partial charge < -0.3 is 20.4 Å². The summed E-state index contributed by atoms with van der Waals surface area (Å²) in [7, 11) is 0. The number of anilines is 3. The van der Waals surface area contributed by atoms with E-state index < -0.39 is 0 Å². The Morgan fingerprint density at radius 2 is 2.03 bits per heavy atom. The molecule has 3 aromatic heterocycles. The molecule has 0 radical (unpaired) electrons. The molecule has 0 unspecified atom stereocenters. The highest BCUT2D eigenvalue weighted by Gasteiger charge is 2.16. The fraction of sp³-hybridized carbons (Fsp3) is 0.360. The van der Waals surface area contributed by atoms with Crippen LogP contribution >= 0.6 is 0 Å². The van der Waals surface area contributed by atoms with Crippen molar-refractivity contribution in [3.05, 3.63) is 47.9 Å². The molecule has 0 bridgehead atoms. The molecule has 4 aromatic rings. The van der Waals surface area contributed by atoms with Crippen molar-refractivity contribution < 1.29 is 9.53 Å². The zero-order valence-electron chi connectivity index (χ0n) is 20.3. The molecule has 4 heterocycles. The quantitative estimate of drug-likeness (QED) is 0.376. The summed E-state index contributed by atoms with van der Waals surface area (Å²) >= 11 is 0. The topological polar surface area (TPSA) is 113 Å². The summed E-state index contributed by atoms with van der Waals surface area (Å²) < 4.78 is 7.44. The van der Waals surface area contributed by atoms with Crippen molar-refractivity contribution in [1.82, 2.24) is 29.6 Å². The number of fused-ring (bicyclic) bond motifs is 1. The van der Waals surface area contributed by atoms with Crippen LogP contribution in [0, 0.1) is 13.8 Å². The fourth-order valence-corrected chi connectivity index (χ4v) is 4.39. The Balaban J connectivity index is 1.36. The van der Waals surface area contributed by atoms with Crippen molar-refractivity contribution in [2.45, 2.75) is 27.3 Å². The van der Waals surface area contributed by atoms with Crippen LogP contribution < -0.4 is 10.6 Å². The first kappa shape index (κ1) is 23.0. The van der Waals surface area contributed by atoms with Crippen molar-refractivity contribution in [1.29, 1.82) is 0 Å². The number of carbonyl (C=O) groups is 1. The number of hydrogen-bond donors (Lipinski definition) is 3. The first-order valence-corrected chi connectivity index (χ1v) is 11.8. The van der Waals surface area contributed by atoms with Crippen LogP contribution in [-0.4, -0.2) is 68.4 Å². The number of ether oxygens (including phenoxy) is 1. The third-order valence-electron chi connectivity index (χ3n) is 6.21. The van der Waals surface area contributed by atoms with E-state index in [1.165, 1.54) is 6.92 Å². The summed E-state index contributed by atoms with van der Waals surface area (Å²) in [6.07, 6.45) is 3.73. The molecule has 0 aliphatic carbocycles. The SMILES string of the molecule is CC(=O)Nc1cccc2c(-c3nc(Nc4cc(C)n(CCN5CCOCC5)n4)ncc3C)c[nH]c12. The van der Waals surface area contributed by atoms with Crippen LogP contribution in [0.3, 0.4) is 0 Å². The Hall–Kier alpha value is -3.76. The van der Waals surface area contributed by atoms with Gasteiger partial charge in [-0.15, -0.1) is 0 Å². The number of nitrogens with one attached hydrogen (secondary N) is 3. The average molecular weight is 475 g/mol. The van der Waals surface area contributed by atoms with E-state index in [2.05, 4.69) is 32.4 Å². The highest BCUT2D eigenvalue weighted by atomic mass is 16.5. The van der Waals surface area contributed by atoms with E-state index >= 15 is 0 Å². The first-order valence-electron chi connectivity index (χ1n) is 11.8. The zero-order chi connectivity index (χ0) is 24.4. The van der Waals surface area contributed by atoms with Crippen molar-refractivity contribution >= 4 is 34.3 Å². The third-order valence-corrected chi connectivity index (χ3v) is 6.21. The Morgan fingerprint density at radius 1 is 1.20 bits per heavy atom. The van der Waals surface area contributed by atoms with Crippen molar-refractivity contribution in [3.63, 3.8) is 0 Å². The summed E-state index contributed by atoms with van der Waals surface area (Å²) in [6.45, 7) is 10.8. The van der Waals surface area contributed by atoms with Crippen LogP contribution in [0.2, 0.25) is 0 Å². The molecule has 1 aliphatic rings. The maximum absolute atomic E-state index is 11.6.